The zero-order valence-electron chi connectivity index (χ0n) is 8.47. The minimum atomic E-state index is 0.463. The summed E-state index contributed by atoms with van der Waals surface area (Å²) in [5, 5.41) is 3.22. The van der Waals surface area contributed by atoms with E-state index in [1.807, 2.05) is 7.05 Å². The molecule has 0 amide bonds. The second kappa shape index (κ2) is 7.17. The quantitative estimate of drug-likeness (QED) is 0.593. The highest BCUT2D eigenvalue weighted by molar-refractivity contribution is 4.66. The highest BCUT2D eigenvalue weighted by atomic mass is 16.5. The molecule has 2 heteroatoms. The second-order valence-electron chi connectivity index (χ2n) is 3.46. The highest BCUT2D eigenvalue weighted by Crippen LogP contribution is 2.06. The minimum Gasteiger partial charge on any atom is -0.500 e. The maximum Gasteiger partial charge on any atom is 0.103 e. The van der Waals surface area contributed by atoms with Crippen molar-refractivity contribution in [1.82, 2.24) is 5.32 Å². The standard InChI is InChI=1S/C10H21NO/c1-5-12-8-10(11-4)7-6-9(2)3/h5,9-11H,1,6-8H2,2-4H3. The van der Waals surface area contributed by atoms with Gasteiger partial charge in [-0.3, -0.25) is 0 Å². The van der Waals surface area contributed by atoms with Gasteiger partial charge in [0.05, 0.1) is 6.26 Å². The number of ether oxygens (including phenoxy) is 1. The first kappa shape index (κ1) is 11.5. The Morgan fingerprint density at radius 1 is 1.42 bits per heavy atom. The number of hydrogen-bond donors (Lipinski definition) is 1. The van der Waals surface area contributed by atoms with Crippen LogP contribution in [0.5, 0.6) is 0 Å². The van der Waals surface area contributed by atoms with Gasteiger partial charge in [-0.15, -0.1) is 0 Å². The van der Waals surface area contributed by atoms with Gasteiger partial charge in [-0.05, 0) is 25.8 Å². The molecule has 0 rings (SSSR count). The fourth-order valence-corrected chi connectivity index (χ4v) is 1.03. The molecule has 0 aliphatic rings. The summed E-state index contributed by atoms with van der Waals surface area (Å²) in [6, 6.07) is 0.463. The Hall–Kier alpha value is -0.500. The van der Waals surface area contributed by atoms with E-state index in [1.54, 1.807) is 0 Å². The van der Waals surface area contributed by atoms with Gasteiger partial charge in [-0.25, -0.2) is 0 Å². The van der Waals surface area contributed by atoms with Crippen LogP contribution in [0.1, 0.15) is 26.7 Å². The van der Waals surface area contributed by atoms with E-state index < -0.39 is 0 Å². The van der Waals surface area contributed by atoms with Crippen LogP contribution in [-0.4, -0.2) is 19.7 Å². The molecule has 0 radical (unpaired) electrons. The van der Waals surface area contributed by atoms with Crippen LogP contribution >= 0.6 is 0 Å². The molecule has 0 spiro atoms. The van der Waals surface area contributed by atoms with Crippen LogP contribution in [-0.2, 0) is 4.74 Å². The average molecular weight is 171 g/mol. The monoisotopic (exact) mass is 171 g/mol. The van der Waals surface area contributed by atoms with Crippen molar-refractivity contribution >= 4 is 0 Å². The largest absolute Gasteiger partial charge is 0.500 e. The lowest BCUT2D eigenvalue weighted by Crippen LogP contribution is -2.29. The molecule has 0 saturated carbocycles. The van der Waals surface area contributed by atoms with Crippen molar-refractivity contribution in [3.63, 3.8) is 0 Å². The van der Waals surface area contributed by atoms with Crippen molar-refractivity contribution < 1.29 is 4.74 Å². The summed E-state index contributed by atoms with van der Waals surface area (Å²) in [5.41, 5.74) is 0. The van der Waals surface area contributed by atoms with Crippen molar-refractivity contribution in [2.24, 2.45) is 5.92 Å². The molecule has 0 heterocycles. The SMILES string of the molecule is C=COCC(CCC(C)C)NC. The van der Waals surface area contributed by atoms with Gasteiger partial charge in [0.25, 0.3) is 0 Å². The molecule has 0 aliphatic carbocycles. The van der Waals surface area contributed by atoms with Gasteiger partial charge in [0.15, 0.2) is 0 Å². The molecule has 0 aliphatic heterocycles. The molecule has 0 aromatic rings. The zero-order valence-corrected chi connectivity index (χ0v) is 8.47. The first-order valence-electron chi connectivity index (χ1n) is 4.60. The predicted molar refractivity (Wildman–Crippen MR) is 53.1 cm³/mol. The van der Waals surface area contributed by atoms with E-state index in [9.17, 15) is 0 Å². The summed E-state index contributed by atoms with van der Waals surface area (Å²) in [4.78, 5) is 0. The number of rotatable bonds is 7. The summed E-state index contributed by atoms with van der Waals surface area (Å²) in [6.45, 7) is 8.72. The van der Waals surface area contributed by atoms with E-state index in [0.717, 1.165) is 12.5 Å². The normalized spacial score (nSPS) is 13.0. The van der Waals surface area contributed by atoms with E-state index in [2.05, 4.69) is 25.7 Å². The first-order chi connectivity index (χ1) is 5.70. The topological polar surface area (TPSA) is 21.3 Å². The van der Waals surface area contributed by atoms with Crippen LogP contribution in [0, 0.1) is 5.92 Å². The Labute approximate surface area is 76.0 Å². The van der Waals surface area contributed by atoms with Gasteiger partial charge in [-0.2, -0.15) is 0 Å². The lowest BCUT2D eigenvalue weighted by atomic mass is 10.0. The second-order valence-corrected chi connectivity index (χ2v) is 3.46. The van der Waals surface area contributed by atoms with Crippen LogP contribution in [0.25, 0.3) is 0 Å². The third-order valence-electron chi connectivity index (χ3n) is 1.92. The van der Waals surface area contributed by atoms with Crippen molar-refractivity contribution in [1.29, 1.82) is 0 Å². The van der Waals surface area contributed by atoms with Crippen molar-refractivity contribution in [2.45, 2.75) is 32.7 Å². The molecule has 1 atom stereocenters. The molecule has 12 heavy (non-hydrogen) atoms. The van der Waals surface area contributed by atoms with Crippen LogP contribution in [0.2, 0.25) is 0 Å². The molecule has 0 bridgehead atoms. The van der Waals surface area contributed by atoms with Gasteiger partial charge < -0.3 is 10.1 Å². The highest BCUT2D eigenvalue weighted by Gasteiger charge is 2.06. The van der Waals surface area contributed by atoms with E-state index >= 15 is 0 Å². The van der Waals surface area contributed by atoms with E-state index in [0.29, 0.717) is 6.04 Å². The maximum atomic E-state index is 5.12. The van der Waals surface area contributed by atoms with Gasteiger partial charge >= 0.3 is 0 Å². The summed E-state index contributed by atoms with van der Waals surface area (Å²) >= 11 is 0. The van der Waals surface area contributed by atoms with Gasteiger partial charge in [0, 0.05) is 6.04 Å². The maximum absolute atomic E-state index is 5.12. The lowest BCUT2D eigenvalue weighted by Gasteiger charge is -2.16. The Morgan fingerprint density at radius 3 is 2.50 bits per heavy atom. The smallest absolute Gasteiger partial charge is 0.103 e. The number of likely N-dealkylation sites (N-methyl/N-ethyl adjacent to an activating group) is 1. The summed E-state index contributed by atoms with van der Waals surface area (Å²) in [6.07, 6.45) is 3.91. The van der Waals surface area contributed by atoms with Crippen LogP contribution in [0.3, 0.4) is 0 Å². The predicted octanol–water partition coefficient (Wildman–Crippen LogP) is 2.17. The summed E-state index contributed by atoms with van der Waals surface area (Å²) in [7, 11) is 1.97. The van der Waals surface area contributed by atoms with E-state index in [-0.39, 0.29) is 0 Å². The molecule has 72 valence electrons. The number of hydrogen-bond acceptors (Lipinski definition) is 2. The van der Waals surface area contributed by atoms with Crippen molar-refractivity contribution in [3.05, 3.63) is 12.8 Å². The molecule has 1 unspecified atom stereocenters. The van der Waals surface area contributed by atoms with Crippen LogP contribution < -0.4 is 5.32 Å². The van der Waals surface area contributed by atoms with Crippen molar-refractivity contribution in [2.75, 3.05) is 13.7 Å². The first-order valence-corrected chi connectivity index (χ1v) is 4.60. The van der Waals surface area contributed by atoms with Gasteiger partial charge in [-0.1, -0.05) is 20.4 Å². The minimum absolute atomic E-state index is 0.463. The fraction of sp³-hybridized carbons (Fsp3) is 0.800. The molecule has 1 N–H and O–H groups in total. The Bertz CT molecular complexity index is 112. The molecule has 0 saturated heterocycles. The van der Waals surface area contributed by atoms with E-state index in [4.69, 9.17) is 4.74 Å². The average Bonchev–Trinajstić information content (AvgIpc) is 2.05. The molecule has 2 nitrogen and oxygen atoms in total. The molecular weight excluding hydrogens is 150 g/mol. The Kier molecular flexibility index (Phi) is 6.87. The molecular formula is C10H21NO. The third kappa shape index (κ3) is 6.23. The fourth-order valence-electron chi connectivity index (χ4n) is 1.03. The summed E-state index contributed by atoms with van der Waals surface area (Å²) < 4.78 is 5.12. The Balaban J connectivity index is 3.45. The third-order valence-corrected chi connectivity index (χ3v) is 1.92. The zero-order chi connectivity index (χ0) is 9.40. The van der Waals surface area contributed by atoms with Gasteiger partial charge in [0.2, 0.25) is 0 Å². The van der Waals surface area contributed by atoms with Crippen molar-refractivity contribution in [3.8, 4) is 0 Å². The lowest BCUT2D eigenvalue weighted by molar-refractivity contribution is 0.205. The number of nitrogens with one attached hydrogen (secondary N) is 1. The van der Waals surface area contributed by atoms with Crippen LogP contribution in [0.15, 0.2) is 12.8 Å². The Morgan fingerprint density at radius 2 is 2.08 bits per heavy atom. The molecule has 0 aromatic heterocycles. The van der Waals surface area contributed by atoms with Crippen LogP contribution in [0.4, 0.5) is 0 Å². The molecule has 0 fully saturated rings. The summed E-state index contributed by atoms with van der Waals surface area (Å²) in [5.74, 6) is 0.768. The van der Waals surface area contributed by atoms with E-state index in [1.165, 1.54) is 19.1 Å². The molecule has 0 aromatic carbocycles. The van der Waals surface area contributed by atoms with Gasteiger partial charge in [0.1, 0.15) is 6.61 Å².